The van der Waals surface area contributed by atoms with Gasteiger partial charge in [0.25, 0.3) is 0 Å². The number of hydrogen-bond acceptors (Lipinski definition) is 5. The molecule has 0 fully saturated rings. The molecule has 0 radical (unpaired) electrons. The zero-order chi connectivity index (χ0) is 19.2. The predicted octanol–water partition coefficient (Wildman–Crippen LogP) is 4.20. The van der Waals surface area contributed by atoms with Crippen molar-refractivity contribution < 1.29 is 9.53 Å². The van der Waals surface area contributed by atoms with Crippen LogP contribution in [-0.4, -0.2) is 31.4 Å². The summed E-state index contributed by atoms with van der Waals surface area (Å²) in [5, 5.41) is 4.41. The van der Waals surface area contributed by atoms with Crippen molar-refractivity contribution in [1.29, 1.82) is 0 Å². The quantitative estimate of drug-likeness (QED) is 0.627. The second kappa shape index (κ2) is 8.43. The van der Waals surface area contributed by atoms with Crippen LogP contribution in [0.5, 0.6) is 5.75 Å². The van der Waals surface area contributed by atoms with Crippen molar-refractivity contribution in [2.45, 2.75) is 20.8 Å². The fourth-order valence-corrected chi connectivity index (χ4v) is 2.32. The van der Waals surface area contributed by atoms with Crippen LogP contribution < -0.4 is 10.2 Å². The lowest BCUT2D eigenvalue weighted by molar-refractivity contribution is -0.119. The zero-order valence-electron chi connectivity index (χ0n) is 15.9. The summed E-state index contributed by atoms with van der Waals surface area (Å²) in [5.41, 5.74) is 4.86. The van der Waals surface area contributed by atoms with Gasteiger partial charge in [-0.25, -0.2) is 0 Å². The number of anilines is 1. The first-order chi connectivity index (χ1) is 12.4. The van der Waals surface area contributed by atoms with Crippen molar-refractivity contribution in [2.75, 3.05) is 19.6 Å². The van der Waals surface area contributed by atoms with Gasteiger partial charge in [0.05, 0.1) is 18.5 Å². The third kappa shape index (κ3) is 4.79. The average molecular weight is 351 g/mol. The fraction of sp³-hybridized carbons (Fsp3) is 0.286. The largest absolute Gasteiger partial charge is 0.497 e. The molecular formula is C21H25N3O2. The molecule has 0 saturated heterocycles. The van der Waals surface area contributed by atoms with Crippen LogP contribution in [0.15, 0.2) is 64.7 Å². The van der Waals surface area contributed by atoms with E-state index in [4.69, 9.17) is 4.74 Å². The Morgan fingerprint density at radius 2 is 1.62 bits per heavy atom. The van der Waals surface area contributed by atoms with Crippen LogP contribution in [0.4, 0.5) is 5.69 Å². The van der Waals surface area contributed by atoms with Crippen LogP contribution in [0.25, 0.3) is 0 Å². The van der Waals surface area contributed by atoms with Crippen molar-refractivity contribution in [2.24, 2.45) is 15.5 Å². The van der Waals surface area contributed by atoms with Gasteiger partial charge in [-0.3, -0.25) is 15.2 Å². The van der Waals surface area contributed by atoms with E-state index in [1.165, 1.54) is 0 Å². The summed E-state index contributed by atoms with van der Waals surface area (Å²) in [5.74, 6) is 0.675. The van der Waals surface area contributed by atoms with Gasteiger partial charge in [0, 0.05) is 18.0 Å². The van der Waals surface area contributed by atoms with Crippen LogP contribution in [-0.2, 0) is 4.79 Å². The first-order valence-corrected chi connectivity index (χ1v) is 8.42. The number of benzene rings is 2. The topological polar surface area (TPSA) is 63.1 Å². The highest BCUT2D eigenvalue weighted by molar-refractivity contribution is 6.71. The standard InChI is InChI=1S/C21H25N3O2/c1-21(2,3)20(25)19(18(22-4)15-9-7-6-8-10-15)24-23-16-11-13-17(26-5)14-12-16/h6-14,23H,1-5H3/b22-18?,24-19+. The number of nitrogens with zero attached hydrogens (tertiary/aromatic N) is 2. The third-order valence-electron chi connectivity index (χ3n) is 3.78. The molecule has 0 bridgehead atoms. The van der Waals surface area contributed by atoms with Gasteiger partial charge in [-0.15, -0.1) is 0 Å². The van der Waals surface area contributed by atoms with Crippen molar-refractivity contribution in [3.05, 3.63) is 60.2 Å². The lowest BCUT2D eigenvalue weighted by Gasteiger charge is -2.19. The highest BCUT2D eigenvalue weighted by Gasteiger charge is 2.30. The van der Waals surface area contributed by atoms with Gasteiger partial charge in [-0.2, -0.15) is 5.10 Å². The number of hydrazone groups is 1. The van der Waals surface area contributed by atoms with E-state index in [2.05, 4.69) is 15.5 Å². The van der Waals surface area contributed by atoms with E-state index in [9.17, 15) is 4.79 Å². The van der Waals surface area contributed by atoms with E-state index in [-0.39, 0.29) is 5.78 Å². The fourth-order valence-electron chi connectivity index (χ4n) is 2.32. The molecule has 0 aromatic heterocycles. The molecule has 136 valence electrons. The lowest BCUT2D eigenvalue weighted by Crippen LogP contribution is -2.35. The molecule has 1 N–H and O–H groups in total. The second-order valence-electron chi connectivity index (χ2n) is 6.82. The third-order valence-corrected chi connectivity index (χ3v) is 3.78. The molecule has 0 aliphatic carbocycles. The Morgan fingerprint density at radius 3 is 2.12 bits per heavy atom. The minimum Gasteiger partial charge on any atom is -0.497 e. The molecular weight excluding hydrogens is 326 g/mol. The number of methoxy groups -OCH3 is 1. The van der Waals surface area contributed by atoms with Crippen molar-refractivity contribution in [1.82, 2.24) is 0 Å². The molecule has 0 amide bonds. The Morgan fingerprint density at radius 1 is 1.00 bits per heavy atom. The summed E-state index contributed by atoms with van der Waals surface area (Å²) in [6.45, 7) is 5.61. The number of nitrogens with one attached hydrogen (secondary N) is 1. The minimum atomic E-state index is -0.578. The molecule has 5 nitrogen and oxygen atoms in total. The average Bonchev–Trinajstić information content (AvgIpc) is 2.65. The number of ether oxygens (including phenoxy) is 1. The molecule has 0 aliphatic heterocycles. The monoisotopic (exact) mass is 351 g/mol. The van der Waals surface area contributed by atoms with Crippen LogP contribution in [0.3, 0.4) is 0 Å². The van der Waals surface area contributed by atoms with Crippen LogP contribution in [0, 0.1) is 5.41 Å². The molecule has 0 atom stereocenters. The normalized spacial score (nSPS) is 12.7. The SMILES string of the molecule is CN=C(/C(=N\Nc1ccc(OC)cc1)C(=O)C(C)(C)C)c1ccccc1. The molecule has 2 aromatic rings. The van der Waals surface area contributed by atoms with Gasteiger partial charge in [0.1, 0.15) is 5.75 Å². The second-order valence-corrected chi connectivity index (χ2v) is 6.82. The van der Waals surface area contributed by atoms with Gasteiger partial charge in [0.2, 0.25) is 0 Å². The summed E-state index contributed by atoms with van der Waals surface area (Å²) in [4.78, 5) is 17.3. The summed E-state index contributed by atoms with van der Waals surface area (Å²) in [7, 11) is 3.28. The minimum absolute atomic E-state index is 0.0806. The van der Waals surface area contributed by atoms with E-state index in [1.807, 2.05) is 75.4 Å². The van der Waals surface area contributed by atoms with E-state index in [0.29, 0.717) is 11.4 Å². The molecule has 0 heterocycles. The Hall–Kier alpha value is -2.95. The molecule has 2 rings (SSSR count). The highest BCUT2D eigenvalue weighted by Crippen LogP contribution is 2.19. The Bertz CT molecular complexity index is 801. The molecule has 0 aliphatic rings. The molecule has 0 unspecified atom stereocenters. The van der Waals surface area contributed by atoms with Gasteiger partial charge in [-0.1, -0.05) is 51.1 Å². The lowest BCUT2D eigenvalue weighted by atomic mass is 9.85. The van der Waals surface area contributed by atoms with Gasteiger partial charge in [0.15, 0.2) is 11.5 Å². The van der Waals surface area contributed by atoms with Gasteiger partial charge < -0.3 is 4.74 Å². The van der Waals surface area contributed by atoms with Crippen LogP contribution in [0.1, 0.15) is 26.3 Å². The summed E-state index contributed by atoms with van der Waals surface area (Å²) in [6.07, 6.45) is 0. The number of rotatable bonds is 6. The summed E-state index contributed by atoms with van der Waals surface area (Å²) in [6, 6.07) is 16.9. The molecule has 26 heavy (non-hydrogen) atoms. The molecule has 2 aromatic carbocycles. The van der Waals surface area contributed by atoms with Crippen molar-refractivity contribution in [3.63, 3.8) is 0 Å². The molecule has 5 heteroatoms. The number of ketones is 1. The first-order valence-electron chi connectivity index (χ1n) is 8.42. The number of aliphatic imine (C=N–C) groups is 1. The summed E-state index contributed by atoms with van der Waals surface area (Å²) < 4.78 is 5.15. The Kier molecular flexibility index (Phi) is 6.28. The van der Waals surface area contributed by atoms with E-state index < -0.39 is 5.41 Å². The predicted molar refractivity (Wildman–Crippen MR) is 107 cm³/mol. The maximum Gasteiger partial charge on any atom is 0.190 e. The number of carbonyl (C=O) groups is 1. The smallest absolute Gasteiger partial charge is 0.190 e. The van der Waals surface area contributed by atoms with Crippen LogP contribution >= 0.6 is 0 Å². The number of hydrogen-bond donors (Lipinski definition) is 1. The van der Waals surface area contributed by atoms with E-state index >= 15 is 0 Å². The van der Waals surface area contributed by atoms with Crippen molar-refractivity contribution in [3.8, 4) is 5.75 Å². The molecule has 0 saturated carbocycles. The number of Topliss-reactive ketones (excluding diaryl/α,β-unsaturated/α-hetero) is 1. The zero-order valence-corrected chi connectivity index (χ0v) is 15.9. The van der Waals surface area contributed by atoms with Crippen molar-refractivity contribution >= 4 is 22.9 Å². The van der Waals surface area contributed by atoms with Gasteiger partial charge in [-0.05, 0) is 24.3 Å². The van der Waals surface area contributed by atoms with Crippen LogP contribution in [0.2, 0.25) is 0 Å². The first kappa shape index (κ1) is 19.4. The number of carbonyl (C=O) groups excluding carboxylic acids is 1. The Balaban J connectivity index is 2.41. The van der Waals surface area contributed by atoms with E-state index in [0.717, 1.165) is 17.0 Å². The van der Waals surface area contributed by atoms with Gasteiger partial charge >= 0.3 is 0 Å². The van der Waals surface area contributed by atoms with E-state index in [1.54, 1.807) is 14.2 Å². The summed E-state index contributed by atoms with van der Waals surface area (Å²) >= 11 is 0. The highest BCUT2D eigenvalue weighted by atomic mass is 16.5. The Labute approximate surface area is 154 Å². The maximum absolute atomic E-state index is 13.0. The molecule has 0 spiro atoms. The maximum atomic E-state index is 13.0.